The van der Waals surface area contributed by atoms with Gasteiger partial charge in [-0.2, -0.15) is 0 Å². The number of carbonyl (C=O) groups is 1. The van der Waals surface area contributed by atoms with E-state index in [9.17, 15) is 4.79 Å². The minimum atomic E-state index is -0.398. The summed E-state index contributed by atoms with van der Waals surface area (Å²) >= 11 is 0. The van der Waals surface area contributed by atoms with Crippen molar-refractivity contribution in [2.45, 2.75) is 31.2 Å². The number of hydrogen-bond acceptors (Lipinski definition) is 2. The Morgan fingerprint density at radius 1 is 0.862 bits per heavy atom. The zero-order valence-corrected chi connectivity index (χ0v) is 16.5. The zero-order chi connectivity index (χ0) is 19.8. The molecule has 3 aromatic carbocycles. The standard InChI is InChI=1S/C26H26N2O/c27-26(29)21-13-11-19(12-14-21)23-4-2-1-3-22(23)18-7-9-20(10-8-18)24-15-25(24)28-16-17-5-6-17/h1-4,7-14,17,24-25,28H,5-6,15-16H2,(H2,27,29). The highest BCUT2D eigenvalue weighted by molar-refractivity contribution is 5.93. The Balaban J connectivity index is 1.35. The van der Waals surface area contributed by atoms with E-state index in [0.717, 1.165) is 17.0 Å². The van der Waals surface area contributed by atoms with E-state index in [-0.39, 0.29) is 0 Å². The molecule has 2 saturated carbocycles. The summed E-state index contributed by atoms with van der Waals surface area (Å²) in [5, 5.41) is 3.72. The summed E-state index contributed by atoms with van der Waals surface area (Å²) in [6.45, 7) is 1.20. The Kier molecular flexibility index (Phi) is 4.69. The van der Waals surface area contributed by atoms with Gasteiger partial charge in [-0.05, 0) is 71.7 Å². The second kappa shape index (κ2) is 7.49. The second-order valence-electron chi connectivity index (χ2n) is 8.41. The second-order valence-corrected chi connectivity index (χ2v) is 8.41. The SMILES string of the molecule is NC(=O)c1ccc(-c2ccccc2-c2ccc(C3CC3NCC3CC3)cc2)cc1. The summed E-state index contributed by atoms with van der Waals surface area (Å²) in [7, 11) is 0. The van der Waals surface area contributed by atoms with E-state index in [0.29, 0.717) is 17.5 Å². The Morgan fingerprint density at radius 3 is 2.00 bits per heavy atom. The topological polar surface area (TPSA) is 55.1 Å². The van der Waals surface area contributed by atoms with Crippen molar-refractivity contribution in [2.75, 3.05) is 6.54 Å². The van der Waals surface area contributed by atoms with Gasteiger partial charge in [-0.25, -0.2) is 0 Å². The molecule has 146 valence electrons. The van der Waals surface area contributed by atoms with Crippen LogP contribution in [0, 0.1) is 5.92 Å². The molecule has 3 aromatic rings. The summed E-state index contributed by atoms with van der Waals surface area (Å²) in [5.41, 5.74) is 12.0. The van der Waals surface area contributed by atoms with Crippen LogP contribution in [0.3, 0.4) is 0 Å². The number of rotatable bonds is 7. The first-order valence-corrected chi connectivity index (χ1v) is 10.5. The third kappa shape index (κ3) is 3.96. The van der Waals surface area contributed by atoms with Crippen LogP contribution in [-0.2, 0) is 0 Å². The molecule has 0 radical (unpaired) electrons. The maximum absolute atomic E-state index is 11.3. The van der Waals surface area contributed by atoms with E-state index in [1.165, 1.54) is 42.5 Å². The summed E-state index contributed by atoms with van der Waals surface area (Å²) in [6.07, 6.45) is 4.07. The van der Waals surface area contributed by atoms with E-state index in [1.54, 1.807) is 12.1 Å². The molecule has 0 aliphatic heterocycles. The Bertz CT molecular complexity index is 1020. The lowest BCUT2D eigenvalue weighted by molar-refractivity contribution is 0.100. The van der Waals surface area contributed by atoms with Crippen LogP contribution in [0.2, 0.25) is 0 Å². The average Bonchev–Trinajstić information content (AvgIpc) is 3.68. The van der Waals surface area contributed by atoms with E-state index < -0.39 is 5.91 Å². The Hall–Kier alpha value is -2.91. The molecule has 3 N–H and O–H groups in total. The molecule has 0 aromatic heterocycles. The maximum Gasteiger partial charge on any atom is 0.248 e. The molecule has 2 aliphatic carbocycles. The smallest absolute Gasteiger partial charge is 0.248 e. The first-order valence-electron chi connectivity index (χ1n) is 10.5. The van der Waals surface area contributed by atoms with Crippen molar-refractivity contribution in [1.82, 2.24) is 5.32 Å². The van der Waals surface area contributed by atoms with Crippen molar-refractivity contribution >= 4 is 5.91 Å². The van der Waals surface area contributed by atoms with Gasteiger partial charge in [-0.15, -0.1) is 0 Å². The van der Waals surface area contributed by atoms with E-state index >= 15 is 0 Å². The molecule has 2 unspecified atom stereocenters. The van der Waals surface area contributed by atoms with E-state index in [1.807, 2.05) is 12.1 Å². The molecule has 0 heterocycles. The molecular formula is C26H26N2O. The van der Waals surface area contributed by atoms with Crippen molar-refractivity contribution in [2.24, 2.45) is 11.7 Å². The molecule has 0 saturated heterocycles. The van der Waals surface area contributed by atoms with Crippen molar-refractivity contribution in [3.8, 4) is 22.3 Å². The van der Waals surface area contributed by atoms with Crippen molar-refractivity contribution in [3.63, 3.8) is 0 Å². The third-order valence-electron chi connectivity index (χ3n) is 6.21. The molecule has 5 rings (SSSR count). The lowest BCUT2D eigenvalue weighted by Gasteiger charge is -2.11. The van der Waals surface area contributed by atoms with Crippen molar-refractivity contribution < 1.29 is 4.79 Å². The van der Waals surface area contributed by atoms with Gasteiger partial charge in [-0.3, -0.25) is 4.79 Å². The minimum absolute atomic E-state index is 0.398. The number of benzene rings is 3. The van der Waals surface area contributed by atoms with Crippen LogP contribution in [-0.4, -0.2) is 18.5 Å². The fourth-order valence-corrected chi connectivity index (χ4v) is 4.14. The Morgan fingerprint density at radius 2 is 1.45 bits per heavy atom. The van der Waals surface area contributed by atoms with Crippen molar-refractivity contribution in [3.05, 3.63) is 83.9 Å². The van der Waals surface area contributed by atoms with Gasteiger partial charge >= 0.3 is 0 Å². The minimum Gasteiger partial charge on any atom is -0.366 e. The van der Waals surface area contributed by atoms with Gasteiger partial charge in [0.25, 0.3) is 0 Å². The van der Waals surface area contributed by atoms with Gasteiger partial charge in [0.15, 0.2) is 0 Å². The molecule has 2 atom stereocenters. The maximum atomic E-state index is 11.3. The van der Waals surface area contributed by atoms with Gasteiger partial charge in [0.1, 0.15) is 0 Å². The average molecular weight is 383 g/mol. The first-order chi connectivity index (χ1) is 14.2. The number of carbonyl (C=O) groups excluding carboxylic acids is 1. The van der Waals surface area contributed by atoms with Crippen LogP contribution in [0.1, 0.15) is 41.1 Å². The summed E-state index contributed by atoms with van der Waals surface area (Å²) in [6, 6.07) is 25.6. The van der Waals surface area contributed by atoms with Crippen LogP contribution >= 0.6 is 0 Å². The fraction of sp³-hybridized carbons (Fsp3) is 0.269. The monoisotopic (exact) mass is 382 g/mol. The van der Waals surface area contributed by atoms with Crippen LogP contribution < -0.4 is 11.1 Å². The Labute approximate surface area is 172 Å². The van der Waals surface area contributed by atoms with Gasteiger partial charge in [-0.1, -0.05) is 60.7 Å². The van der Waals surface area contributed by atoms with Gasteiger partial charge in [0.2, 0.25) is 5.91 Å². The molecule has 29 heavy (non-hydrogen) atoms. The number of nitrogens with one attached hydrogen (secondary N) is 1. The summed E-state index contributed by atoms with van der Waals surface area (Å²) < 4.78 is 0. The summed E-state index contributed by atoms with van der Waals surface area (Å²) in [5.74, 6) is 1.21. The predicted molar refractivity (Wildman–Crippen MR) is 118 cm³/mol. The normalized spacial score (nSPS) is 20.4. The molecule has 3 heteroatoms. The number of nitrogens with two attached hydrogens (primary N) is 1. The first kappa shape index (κ1) is 18.1. The van der Waals surface area contributed by atoms with Crippen LogP contribution in [0.15, 0.2) is 72.8 Å². The molecule has 1 amide bonds. The number of hydrogen-bond donors (Lipinski definition) is 2. The third-order valence-corrected chi connectivity index (χ3v) is 6.21. The van der Waals surface area contributed by atoms with Gasteiger partial charge in [0, 0.05) is 17.5 Å². The van der Waals surface area contributed by atoms with Gasteiger partial charge < -0.3 is 11.1 Å². The summed E-state index contributed by atoms with van der Waals surface area (Å²) in [4.78, 5) is 11.3. The lowest BCUT2D eigenvalue weighted by Crippen LogP contribution is -2.20. The highest BCUT2D eigenvalue weighted by Gasteiger charge is 2.38. The van der Waals surface area contributed by atoms with Crippen LogP contribution in [0.5, 0.6) is 0 Å². The van der Waals surface area contributed by atoms with Gasteiger partial charge in [0.05, 0.1) is 0 Å². The van der Waals surface area contributed by atoms with Crippen LogP contribution in [0.4, 0.5) is 0 Å². The fourth-order valence-electron chi connectivity index (χ4n) is 4.14. The zero-order valence-electron chi connectivity index (χ0n) is 16.5. The molecule has 0 bridgehead atoms. The predicted octanol–water partition coefficient (Wildman–Crippen LogP) is 4.98. The number of primary amides is 1. The molecule has 2 fully saturated rings. The highest BCUT2D eigenvalue weighted by atomic mass is 16.1. The van der Waals surface area contributed by atoms with E-state index in [4.69, 9.17) is 5.73 Å². The number of amides is 1. The van der Waals surface area contributed by atoms with Crippen molar-refractivity contribution in [1.29, 1.82) is 0 Å². The van der Waals surface area contributed by atoms with Crippen LogP contribution in [0.25, 0.3) is 22.3 Å². The largest absolute Gasteiger partial charge is 0.366 e. The quantitative estimate of drug-likeness (QED) is 0.606. The molecular weight excluding hydrogens is 356 g/mol. The molecule has 2 aliphatic rings. The van der Waals surface area contributed by atoms with E-state index in [2.05, 4.69) is 53.8 Å². The molecule has 3 nitrogen and oxygen atoms in total. The lowest BCUT2D eigenvalue weighted by atomic mass is 9.93. The highest BCUT2D eigenvalue weighted by Crippen LogP contribution is 2.42. The molecule has 0 spiro atoms.